The number of nitrogens with zero attached hydrogens (tertiary/aromatic N) is 1. The third kappa shape index (κ3) is 3.10. The zero-order valence-corrected chi connectivity index (χ0v) is 17.7. The summed E-state index contributed by atoms with van der Waals surface area (Å²) >= 11 is 5.86. The summed E-state index contributed by atoms with van der Waals surface area (Å²) in [5.41, 5.74) is -0.408. The summed E-state index contributed by atoms with van der Waals surface area (Å²) in [5.74, 6) is 0.365. The van der Waals surface area contributed by atoms with E-state index in [1.807, 2.05) is 45.1 Å². The molecule has 0 spiro atoms. The Labute approximate surface area is 179 Å². The van der Waals surface area contributed by atoms with Crippen molar-refractivity contribution in [3.05, 3.63) is 70.5 Å². The fourth-order valence-electron chi connectivity index (χ4n) is 4.43. The van der Waals surface area contributed by atoms with Gasteiger partial charge in [0.2, 0.25) is 0 Å². The van der Waals surface area contributed by atoms with E-state index in [9.17, 15) is 14.3 Å². The number of benzene rings is 2. The van der Waals surface area contributed by atoms with E-state index in [1.165, 1.54) is 17.0 Å². The number of carbonyl (C=O) groups is 1. The van der Waals surface area contributed by atoms with Crippen LogP contribution < -0.4 is 9.47 Å². The summed E-state index contributed by atoms with van der Waals surface area (Å²) in [5, 5.41) is 10.3. The number of amides is 1. The largest absolute Gasteiger partial charge is 0.465 e. The zero-order chi connectivity index (χ0) is 21.7. The Hall–Kier alpha value is -2.73. The lowest BCUT2D eigenvalue weighted by molar-refractivity contribution is -0.00375. The smallest absolute Gasteiger partial charge is 0.408 e. The van der Waals surface area contributed by atoms with Crippen molar-refractivity contribution in [1.82, 2.24) is 4.90 Å². The van der Waals surface area contributed by atoms with Gasteiger partial charge in [-0.1, -0.05) is 56.7 Å². The molecule has 2 atom stereocenters. The highest BCUT2D eigenvalue weighted by atomic mass is 35.5. The van der Waals surface area contributed by atoms with Gasteiger partial charge < -0.3 is 14.6 Å². The molecule has 0 bridgehead atoms. The molecule has 2 heterocycles. The zero-order valence-electron chi connectivity index (χ0n) is 17.0. The van der Waals surface area contributed by atoms with Crippen molar-refractivity contribution in [2.75, 3.05) is 6.54 Å². The average Bonchev–Trinajstić information content (AvgIpc) is 3.10. The van der Waals surface area contributed by atoms with E-state index >= 15 is 0 Å². The number of halogens is 2. The first-order valence-electron chi connectivity index (χ1n) is 9.72. The van der Waals surface area contributed by atoms with Crippen molar-refractivity contribution in [1.29, 1.82) is 0 Å². The van der Waals surface area contributed by atoms with E-state index in [-0.39, 0.29) is 17.1 Å². The molecule has 7 heteroatoms. The normalized spacial score (nSPS) is 23.0. The molecule has 1 amide bonds. The van der Waals surface area contributed by atoms with E-state index in [4.69, 9.17) is 21.1 Å². The van der Waals surface area contributed by atoms with E-state index in [1.54, 1.807) is 12.1 Å². The van der Waals surface area contributed by atoms with Crippen LogP contribution in [0.3, 0.4) is 0 Å². The second-order valence-corrected chi connectivity index (χ2v) is 8.98. The molecular formula is C23H23ClFNO4. The molecule has 0 aliphatic carbocycles. The topological polar surface area (TPSA) is 59.0 Å². The van der Waals surface area contributed by atoms with Crippen molar-refractivity contribution < 1.29 is 23.8 Å². The number of ether oxygens (including phenoxy) is 2. The fourth-order valence-corrected chi connectivity index (χ4v) is 4.59. The van der Waals surface area contributed by atoms with Gasteiger partial charge in [0.15, 0.2) is 11.5 Å². The highest BCUT2D eigenvalue weighted by Crippen LogP contribution is 2.55. The minimum absolute atomic E-state index is 0.227. The summed E-state index contributed by atoms with van der Waals surface area (Å²) in [6.07, 6.45) is 2.35. The molecule has 4 rings (SSSR count). The molecule has 2 aromatic rings. The van der Waals surface area contributed by atoms with Crippen molar-refractivity contribution in [3.63, 3.8) is 0 Å². The van der Waals surface area contributed by atoms with Gasteiger partial charge in [-0.3, -0.25) is 4.90 Å². The predicted octanol–water partition coefficient (Wildman–Crippen LogP) is 6.13. The number of rotatable bonds is 2. The van der Waals surface area contributed by atoms with Gasteiger partial charge in [0.25, 0.3) is 6.29 Å². The predicted molar refractivity (Wildman–Crippen MR) is 111 cm³/mol. The molecule has 30 heavy (non-hydrogen) atoms. The molecule has 5 nitrogen and oxygen atoms in total. The van der Waals surface area contributed by atoms with Crippen molar-refractivity contribution in [2.45, 2.75) is 39.0 Å². The number of hydrogen-bond donors (Lipinski definition) is 1. The van der Waals surface area contributed by atoms with Crippen LogP contribution in [-0.4, -0.2) is 22.6 Å². The highest BCUT2D eigenvalue weighted by Gasteiger charge is 2.53. The molecule has 2 unspecified atom stereocenters. The first-order valence-corrected chi connectivity index (χ1v) is 10.1. The maximum Gasteiger partial charge on any atom is 0.408 e. The van der Waals surface area contributed by atoms with Gasteiger partial charge in [-0.05, 0) is 36.1 Å². The summed E-state index contributed by atoms with van der Waals surface area (Å²) in [7, 11) is 0. The molecule has 158 valence electrons. The lowest BCUT2D eigenvalue weighted by Gasteiger charge is -2.52. The molecular weight excluding hydrogens is 409 g/mol. The van der Waals surface area contributed by atoms with Gasteiger partial charge >= 0.3 is 6.09 Å². The summed E-state index contributed by atoms with van der Waals surface area (Å²) in [6.45, 7) is 6.29. The Bertz CT molecular complexity index is 1030. The van der Waals surface area contributed by atoms with Crippen LogP contribution in [0.5, 0.6) is 11.5 Å². The lowest BCUT2D eigenvalue weighted by atomic mass is 9.65. The summed E-state index contributed by atoms with van der Waals surface area (Å²) in [4.78, 5) is 13.7. The van der Waals surface area contributed by atoms with Gasteiger partial charge in [-0.25, -0.2) is 9.18 Å². The van der Waals surface area contributed by atoms with Gasteiger partial charge in [0.05, 0.1) is 11.1 Å². The number of para-hydroxylation sites is 1. The Balaban J connectivity index is 1.84. The monoisotopic (exact) mass is 431 g/mol. The third-order valence-electron chi connectivity index (χ3n) is 5.90. The van der Waals surface area contributed by atoms with Crippen molar-refractivity contribution in [2.24, 2.45) is 5.41 Å². The maximum absolute atomic E-state index is 14.5. The van der Waals surface area contributed by atoms with Crippen LogP contribution >= 0.6 is 11.6 Å². The summed E-state index contributed by atoms with van der Waals surface area (Å²) in [6, 6.07) is 9.73. The minimum Gasteiger partial charge on any atom is -0.465 e. The van der Waals surface area contributed by atoms with Crippen LogP contribution in [0.4, 0.5) is 9.18 Å². The van der Waals surface area contributed by atoms with Gasteiger partial charge in [-0.15, -0.1) is 0 Å². The SMILES string of the molecule is CC(C)(C)C1(c2cccc3c2OC(c2ccc(Cl)cc2F)O3)CC=CCN1C(=O)O. The van der Waals surface area contributed by atoms with E-state index < -0.39 is 29.2 Å². The second kappa shape index (κ2) is 7.20. The first-order chi connectivity index (χ1) is 14.1. The highest BCUT2D eigenvalue weighted by molar-refractivity contribution is 6.30. The summed E-state index contributed by atoms with van der Waals surface area (Å²) < 4.78 is 26.5. The second-order valence-electron chi connectivity index (χ2n) is 8.55. The molecule has 0 radical (unpaired) electrons. The minimum atomic E-state index is -1.01. The van der Waals surface area contributed by atoms with Crippen LogP contribution in [0.25, 0.3) is 0 Å². The van der Waals surface area contributed by atoms with E-state index in [0.717, 1.165) is 0 Å². The Morgan fingerprint density at radius 3 is 2.67 bits per heavy atom. The Morgan fingerprint density at radius 2 is 2.00 bits per heavy atom. The maximum atomic E-state index is 14.5. The quantitative estimate of drug-likeness (QED) is 0.581. The molecule has 2 aliphatic heterocycles. The van der Waals surface area contributed by atoms with Gasteiger partial charge in [0, 0.05) is 17.1 Å². The van der Waals surface area contributed by atoms with E-state index in [2.05, 4.69) is 0 Å². The fraction of sp³-hybridized carbons (Fsp3) is 0.348. The van der Waals surface area contributed by atoms with Crippen LogP contribution in [0.15, 0.2) is 48.6 Å². The molecule has 0 fully saturated rings. The third-order valence-corrected chi connectivity index (χ3v) is 6.14. The van der Waals surface area contributed by atoms with Crippen molar-refractivity contribution >= 4 is 17.7 Å². The van der Waals surface area contributed by atoms with Gasteiger partial charge in [-0.2, -0.15) is 0 Å². The van der Waals surface area contributed by atoms with Crippen molar-refractivity contribution in [3.8, 4) is 11.5 Å². The van der Waals surface area contributed by atoms with Crippen LogP contribution in [0.1, 0.15) is 44.6 Å². The van der Waals surface area contributed by atoms with Crippen LogP contribution in [0, 0.1) is 11.2 Å². The van der Waals surface area contributed by atoms with Crippen LogP contribution in [-0.2, 0) is 5.54 Å². The molecule has 2 aromatic carbocycles. The molecule has 1 N–H and O–H groups in total. The number of carboxylic acid groups (broad SMARTS) is 1. The van der Waals surface area contributed by atoms with Crippen LogP contribution in [0.2, 0.25) is 5.02 Å². The standard InChI is InChI=1S/C23H23ClFNO4/c1-22(2,3)23(11-4-5-12-26(23)21(27)28)16-7-6-8-18-19(16)30-20(29-18)15-10-9-14(24)13-17(15)25/h4-10,13,20H,11-12H2,1-3H3,(H,27,28). The van der Waals surface area contributed by atoms with E-state index in [0.29, 0.717) is 23.5 Å². The number of fused-ring (bicyclic) bond motifs is 1. The molecule has 2 aliphatic rings. The Morgan fingerprint density at radius 1 is 1.23 bits per heavy atom. The first kappa shape index (κ1) is 20.5. The molecule has 0 aromatic heterocycles. The Kier molecular flexibility index (Phi) is 4.93. The lowest BCUT2D eigenvalue weighted by Crippen LogP contribution is -2.57. The average molecular weight is 432 g/mol. The number of hydrogen-bond acceptors (Lipinski definition) is 3. The van der Waals surface area contributed by atoms with Gasteiger partial charge in [0.1, 0.15) is 5.82 Å². The molecule has 0 saturated carbocycles. The molecule has 0 saturated heterocycles.